The zero-order chi connectivity index (χ0) is 37.7. The Bertz CT molecular complexity index is 914. The fourth-order valence-corrected chi connectivity index (χ4v) is 6.68. The Balaban J connectivity index is 4.24. The molecule has 0 fully saturated rings. The predicted octanol–water partition coefficient (Wildman–Crippen LogP) is 10.1. The van der Waals surface area contributed by atoms with Crippen LogP contribution in [0.3, 0.4) is 0 Å². The monoisotopic (exact) mass is 743 g/mol. The van der Waals surface area contributed by atoms with Crippen LogP contribution in [-0.2, 0) is 18.4 Å². The van der Waals surface area contributed by atoms with Gasteiger partial charge in [-0.3, -0.25) is 13.8 Å². The number of hydrogen-bond acceptors (Lipinski definition) is 7. The Morgan fingerprint density at radius 1 is 0.686 bits per heavy atom. The van der Waals surface area contributed by atoms with Crippen molar-refractivity contribution in [2.24, 2.45) is 5.73 Å². The summed E-state index contributed by atoms with van der Waals surface area (Å²) in [6.45, 7) is 3.81. The highest BCUT2D eigenvalue weighted by Gasteiger charge is 2.27. The van der Waals surface area contributed by atoms with Crippen LogP contribution in [0.25, 0.3) is 0 Å². The highest BCUT2D eigenvalue weighted by atomic mass is 31.2. The lowest BCUT2D eigenvalue weighted by atomic mass is 10.0. The first kappa shape index (κ1) is 49.7. The Hall–Kier alpha value is -1.32. The second kappa shape index (κ2) is 37.0. The summed E-state index contributed by atoms with van der Waals surface area (Å²) < 4.78 is 22.0. The summed E-state index contributed by atoms with van der Waals surface area (Å²) in [6, 6.07) is -1.00. The number of aliphatic hydroxyl groups is 2. The molecule has 6 N–H and O–H groups in total. The van der Waals surface area contributed by atoms with Gasteiger partial charge in [-0.2, -0.15) is 0 Å². The summed E-state index contributed by atoms with van der Waals surface area (Å²) in [7, 11) is -4.40. The lowest BCUT2D eigenvalue weighted by Crippen LogP contribution is -2.46. The number of carbonyl (C=O) groups excluding carboxylic acids is 1. The molecular weight excluding hydrogens is 663 g/mol. The molecule has 0 heterocycles. The van der Waals surface area contributed by atoms with Gasteiger partial charge < -0.3 is 26.2 Å². The number of nitrogens with two attached hydrogens (primary N) is 1. The Morgan fingerprint density at radius 3 is 1.61 bits per heavy atom. The molecule has 0 spiro atoms. The van der Waals surface area contributed by atoms with Crippen LogP contribution in [0.2, 0.25) is 0 Å². The number of hydrogen-bond donors (Lipinski definition) is 5. The van der Waals surface area contributed by atoms with Gasteiger partial charge in [0.1, 0.15) is 0 Å². The van der Waals surface area contributed by atoms with Gasteiger partial charge in [-0.15, -0.1) is 0 Å². The lowest BCUT2D eigenvalue weighted by Gasteiger charge is -2.24. The average Bonchev–Trinajstić information content (AvgIpc) is 3.10. The molecule has 0 bridgehead atoms. The molecule has 0 aliphatic carbocycles. The third kappa shape index (κ3) is 35.5. The third-order valence-corrected chi connectivity index (χ3v) is 10.00. The van der Waals surface area contributed by atoms with E-state index in [4.69, 9.17) is 14.8 Å². The molecule has 0 rings (SSSR count). The van der Waals surface area contributed by atoms with Gasteiger partial charge in [0.15, 0.2) is 0 Å². The molecule has 10 heteroatoms. The fraction of sp³-hybridized carbons (Fsp3) is 0.829. The number of allylic oxidation sites excluding steroid dienone is 5. The minimum atomic E-state index is -4.40. The summed E-state index contributed by atoms with van der Waals surface area (Å²) in [5, 5.41) is 23.9. The minimum absolute atomic E-state index is 0.0424. The second-order valence-corrected chi connectivity index (χ2v) is 15.4. The van der Waals surface area contributed by atoms with Crippen molar-refractivity contribution in [2.45, 2.75) is 199 Å². The highest BCUT2D eigenvalue weighted by molar-refractivity contribution is 7.47. The quantitative estimate of drug-likeness (QED) is 0.0238. The van der Waals surface area contributed by atoms with Crippen LogP contribution in [-0.4, -0.2) is 59.0 Å². The fourth-order valence-electron chi connectivity index (χ4n) is 5.92. The molecule has 0 saturated carbocycles. The van der Waals surface area contributed by atoms with Crippen molar-refractivity contribution in [3.8, 4) is 0 Å². The molecule has 1 amide bonds. The summed E-state index contributed by atoms with van der Waals surface area (Å²) in [5.74, 6) is -0.461. The molecule has 0 aromatic heterocycles. The van der Waals surface area contributed by atoms with Crippen LogP contribution in [0, 0.1) is 0 Å². The molecule has 0 aromatic carbocycles. The lowest BCUT2D eigenvalue weighted by molar-refractivity contribution is -0.124. The Labute approximate surface area is 312 Å². The van der Waals surface area contributed by atoms with Gasteiger partial charge in [-0.25, -0.2) is 4.57 Å². The predicted molar refractivity (Wildman–Crippen MR) is 214 cm³/mol. The molecule has 0 aliphatic heterocycles. The average molecular weight is 743 g/mol. The largest absolute Gasteiger partial charge is 0.472 e. The van der Waals surface area contributed by atoms with Crippen LogP contribution in [0.15, 0.2) is 36.5 Å². The molecule has 0 aliphatic rings. The number of nitrogens with one attached hydrogen (secondary N) is 1. The van der Waals surface area contributed by atoms with Crippen molar-refractivity contribution >= 4 is 13.7 Å². The number of rotatable bonds is 38. The van der Waals surface area contributed by atoms with Gasteiger partial charge in [0.05, 0.1) is 37.9 Å². The van der Waals surface area contributed by atoms with E-state index in [1.807, 2.05) is 6.08 Å². The van der Waals surface area contributed by atoms with E-state index in [0.717, 1.165) is 44.9 Å². The van der Waals surface area contributed by atoms with E-state index in [-0.39, 0.29) is 19.6 Å². The molecule has 0 radical (unpaired) electrons. The van der Waals surface area contributed by atoms with E-state index in [0.29, 0.717) is 12.8 Å². The van der Waals surface area contributed by atoms with Gasteiger partial charge in [0.2, 0.25) is 5.91 Å². The van der Waals surface area contributed by atoms with Crippen LogP contribution >= 0.6 is 7.82 Å². The van der Waals surface area contributed by atoms with Crippen molar-refractivity contribution in [1.29, 1.82) is 0 Å². The van der Waals surface area contributed by atoms with Gasteiger partial charge >= 0.3 is 7.82 Å². The van der Waals surface area contributed by atoms with Crippen molar-refractivity contribution in [3.63, 3.8) is 0 Å². The van der Waals surface area contributed by atoms with Crippen LogP contribution < -0.4 is 11.1 Å². The number of phosphoric ester groups is 1. The van der Waals surface area contributed by atoms with Crippen molar-refractivity contribution < 1.29 is 33.5 Å². The molecule has 300 valence electrons. The molecule has 0 saturated heterocycles. The maximum absolute atomic E-state index is 12.8. The number of carbonyl (C=O) groups is 1. The van der Waals surface area contributed by atoms with E-state index in [1.54, 1.807) is 6.08 Å². The first-order chi connectivity index (χ1) is 24.8. The summed E-state index contributed by atoms with van der Waals surface area (Å²) in [5.41, 5.74) is 5.34. The summed E-state index contributed by atoms with van der Waals surface area (Å²) >= 11 is 0. The highest BCUT2D eigenvalue weighted by Crippen LogP contribution is 2.43. The smallest absolute Gasteiger partial charge is 0.393 e. The number of aliphatic hydroxyl groups excluding tert-OH is 2. The van der Waals surface area contributed by atoms with E-state index >= 15 is 0 Å². The zero-order valence-corrected chi connectivity index (χ0v) is 33.6. The summed E-state index contributed by atoms with van der Waals surface area (Å²) in [4.78, 5) is 22.6. The Kier molecular flexibility index (Phi) is 36.1. The maximum Gasteiger partial charge on any atom is 0.472 e. The van der Waals surface area contributed by atoms with E-state index in [2.05, 4.69) is 43.5 Å². The van der Waals surface area contributed by atoms with Gasteiger partial charge in [-0.1, -0.05) is 172 Å². The van der Waals surface area contributed by atoms with Crippen molar-refractivity contribution in [2.75, 3.05) is 19.8 Å². The number of unbranched alkanes of at least 4 members (excludes halogenated alkanes) is 20. The number of phosphoric acid groups is 1. The van der Waals surface area contributed by atoms with E-state index in [9.17, 15) is 24.5 Å². The van der Waals surface area contributed by atoms with Crippen LogP contribution in [0.4, 0.5) is 0 Å². The van der Waals surface area contributed by atoms with Crippen molar-refractivity contribution in [3.05, 3.63) is 36.5 Å². The summed E-state index contributed by atoms with van der Waals surface area (Å²) in [6.07, 6.45) is 39.7. The molecule has 51 heavy (non-hydrogen) atoms. The third-order valence-electron chi connectivity index (χ3n) is 9.01. The minimum Gasteiger partial charge on any atom is -0.393 e. The topological polar surface area (TPSA) is 151 Å². The second-order valence-electron chi connectivity index (χ2n) is 14.0. The van der Waals surface area contributed by atoms with Crippen LogP contribution in [0.5, 0.6) is 0 Å². The normalized spacial score (nSPS) is 15.2. The zero-order valence-electron chi connectivity index (χ0n) is 32.7. The molecule has 4 unspecified atom stereocenters. The molecular formula is C41H79N2O7P. The van der Waals surface area contributed by atoms with Gasteiger partial charge in [-0.05, 0) is 38.5 Å². The standard InChI is InChI=1S/C41H79N2O7P/c1-3-5-7-9-11-13-15-16-17-18-19-20-21-22-23-24-26-28-30-32-38(44)36-41(46)43-39(37-50-51(47,48)49-35-34-42)40(45)33-31-29-27-25-14-12-10-8-6-4-2/h6,8,14,25,31,33,38-40,44-45H,3-5,7,9-13,15-24,26-30,32,34-37,42H2,1-2H3,(H,43,46)(H,47,48)/b8-6+,25-14+,33-31+. The Morgan fingerprint density at radius 2 is 1.14 bits per heavy atom. The van der Waals surface area contributed by atoms with Gasteiger partial charge in [0.25, 0.3) is 0 Å². The SMILES string of the molecule is CC/C=C/CC/C=C/CC/C=C/C(O)C(COP(=O)(O)OCCN)NC(=O)CC(O)CCCCCCCCCCCCCCCCCCCCC. The maximum atomic E-state index is 12.8. The molecule has 0 aromatic rings. The van der Waals surface area contributed by atoms with Gasteiger partial charge in [0, 0.05) is 6.54 Å². The molecule has 4 atom stereocenters. The van der Waals surface area contributed by atoms with Crippen molar-refractivity contribution in [1.82, 2.24) is 5.32 Å². The number of amides is 1. The first-order valence-corrected chi connectivity index (χ1v) is 22.2. The van der Waals surface area contributed by atoms with E-state index in [1.165, 1.54) is 103 Å². The molecule has 9 nitrogen and oxygen atoms in total. The first-order valence-electron chi connectivity index (χ1n) is 20.7. The van der Waals surface area contributed by atoms with E-state index < -0.39 is 38.6 Å². The van der Waals surface area contributed by atoms with Crippen LogP contribution in [0.1, 0.15) is 181 Å².